The van der Waals surface area contributed by atoms with Crippen molar-refractivity contribution in [3.63, 3.8) is 0 Å². The van der Waals surface area contributed by atoms with Crippen LogP contribution in [-0.4, -0.2) is 31.6 Å². The van der Waals surface area contributed by atoms with Gasteiger partial charge in [0.1, 0.15) is 5.65 Å². The molecule has 1 amide bonds. The van der Waals surface area contributed by atoms with Gasteiger partial charge in [-0.25, -0.2) is 4.98 Å². The molecule has 9 heteroatoms. The summed E-state index contributed by atoms with van der Waals surface area (Å²) >= 11 is 0. The minimum atomic E-state index is 0. The summed E-state index contributed by atoms with van der Waals surface area (Å²) in [6.45, 7) is 5.22. The van der Waals surface area contributed by atoms with Gasteiger partial charge >= 0.3 is 0 Å². The molecule has 0 saturated carbocycles. The number of nitrogens with one attached hydrogen (secondary N) is 2. The van der Waals surface area contributed by atoms with Crippen LogP contribution in [0.2, 0.25) is 0 Å². The standard InChI is InChI=1S/C18H22N6O.2ClH/c1-13-3-2-7-23-16(12-21-18(13)23)11-20-17(25)5-4-14-9-15-10-19-6-8-24(15)22-14;;/h2-3,7,9,12,19H,4-6,8,10-11H2,1H3,(H,20,25);2*1H. The highest BCUT2D eigenvalue weighted by molar-refractivity contribution is 5.85. The number of nitrogens with zero attached hydrogens (tertiary/aromatic N) is 4. The van der Waals surface area contributed by atoms with Crippen molar-refractivity contribution in [3.05, 3.63) is 53.2 Å². The van der Waals surface area contributed by atoms with E-state index in [-0.39, 0.29) is 30.7 Å². The first-order valence-corrected chi connectivity index (χ1v) is 8.65. The number of carbonyl (C=O) groups is 1. The molecule has 0 saturated heterocycles. The molecule has 0 bridgehead atoms. The van der Waals surface area contributed by atoms with Crippen molar-refractivity contribution in [1.29, 1.82) is 0 Å². The van der Waals surface area contributed by atoms with Crippen LogP contribution in [0.1, 0.15) is 29.1 Å². The normalized spacial score (nSPS) is 12.8. The van der Waals surface area contributed by atoms with Crippen LogP contribution in [0.15, 0.2) is 30.6 Å². The average Bonchev–Trinajstić information content (AvgIpc) is 3.22. The molecule has 0 aromatic carbocycles. The molecule has 0 fully saturated rings. The van der Waals surface area contributed by atoms with Crippen molar-refractivity contribution in [1.82, 2.24) is 29.8 Å². The molecule has 3 aromatic rings. The smallest absolute Gasteiger partial charge is 0.220 e. The zero-order valence-electron chi connectivity index (χ0n) is 15.1. The van der Waals surface area contributed by atoms with Crippen LogP contribution in [0.4, 0.5) is 0 Å². The van der Waals surface area contributed by atoms with Crippen LogP contribution < -0.4 is 10.6 Å². The number of halogens is 2. The molecule has 1 aliphatic rings. The third-order valence-electron chi connectivity index (χ3n) is 4.60. The van der Waals surface area contributed by atoms with Gasteiger partial charge in [-0.2, -0.15) is 5.10 Å². The number of pyridine rings is 1. The first-order chi connectivity index (χ1) is 12.2. The lowest BCUT2D eigenvalue weighted by atomic mass is 10.2. The van der Waals surface area contributed by atoms with Crippen molar-refractivity contribution in [2.24, 2.45) is 0 Å². The first kappa shape index (κ1) is 21.2. The van der Waals surface area contributed by atoms with Gasteiger partial charge in [0, 0.05) is 32.1 Å². The number of hydrogen-bond donors (Lipinski definition) is 2. The summed E-state index contributed by atoms with van der Waals surface area (Å²) in [5.74, 6) is 0.0340. The molecular formula is C18H24Cl2N6O. The Morgan fingerprint density at radius 2 is 2.22 bits per heavy atom. The van der Waals surface area contributed by atoms with Gasteiger partial charge in [0.25, 0.3) is 0 Å². The van der Waals surface area contributed by atoms with Crippen LogP contribution in [0.3, 0.4) is 0 Å². The van der Waals surface area contributed by atoms with E-state index in [0.717, 1.165) is 42.2 Å². The number of aromatic nitrogens is 4. The van der Waals surface area contributed by atoms with Crippen molar-refractivity contribution < 1.29 is 4.79 Å². The van der Waals surface area contributed by atoms with Crippen molar-refractivity contribution >= 4 is 36.4 Å². The van der Waals surface area contributed by atoms with Crippen molar-refractivity contribution in [2.75, 3.05) is 6.54 Å². The zero-order valence-corrected chi connectivity index (χ0v) is 16.8. The summed E-state index contributed by atoms with van der Waals surface area (Å²) in [4.78, 5) is 16.6. The van der Waals surface area contributed by atoms with Crippen LogP contribution in [0, 0.1) is 6.92 Å². The summed E-state index contributed by atoms with van der Waals surface area (Å²) in [5.41, 5.74) is 5.22. The fraction of sp³-hybridized carbons (Fsp3) is 0.389. The van der Waals surface area contributed by atoms with Crippen molar-refractivity contribution in [2.45, 2.75) is 39.4 Å². The Labute approximate surface area is 170 Å². The SMILES string of the molecule is Cc1cccn2c(CNC(=O)CCc3cc4n(n3)CCNC4)cnc12.Cl.Cl. The molecule has 0 spiro atoms. The molecule has 7 nitrogen and oxygen atoms in total. The lowest BCUT2D eigenvalue weighted by molar-refractivity contribution is -0.121. The topological polar surface area (TPSA) is 76.2 Å². The van der Waals surface area contributed by atoms with E-state index in [9.17, 15) is 4.79 Å². The highest BCUT2D eigenvalue weighted by Crippen LogP contribution is 2.12. The second kappa shape index (κ2) is 9.21. The van der Waals surface area contributed by atoms with Crippen LogP contribution in [-0.2, 0) is 30.8 Å². The first-order valence-electron chi connectivity index (χ1n) is 8.65. The number of carbonyl (C=O) groups excluding carboxylic acids is 1. The number of hydrogen-bond acceptors (Lipinski definition) is 4. The number of fused-ring (bicyclic) bond motifs is 2. The number of aryl methyl sites for hydroxylation is 2. The highest BCUT2D eigenvalue weighted by Gasteiger charge is 2.13. The number of rotatable bonds is 5. The molecule has 0 atom stereocenters. The third kappa shape index (κ3) is 4.61. The van der Waals surface area contributed by atoms with Gasteiger partial charge in [-0.05, 0) is 24.6 Å². The average molecular weight is 411 g/mol. The van der Waals surface area contributed by atoms with E-state index in [0.29, 0.717) is 19.4 Å². The molecule has 0 aliphatic carbocycles. The molecule has 3 aromatic heterocycles. The molecule has 146 valence electrons. The maximum atomic E-state index is 12.2. The Hall–Kier alpha value is -2.09. The third-order valence-corrected chi connectivity index (χ3v) is 4.60. The van der Waals surface area contributed by atoms with E-state index in [2.05, 4.69) is 26.8 Å². The van der Waals surface area contributed by atoms with Crippen LogP contribution in [0.5, 0.6) is 0 Å². The fourth-order valence-electron chi connectivity index (χ4n) is 3.23. The lowest BCUT2D eigenvalue weighted by Crippen LogP contribution is -2.28. The van der Waals surface area contributed by atoms with Crippen LogP contribution in [0.25, 0.3) is 5.65 Å². The second-order valence-electron chi connectivity index (χ2n) is 6.44. The predicted octanol–water partition coefficient (Wildman–Crippen LogP) is 2.04. The summed E-state index contributed by atoms with van der Waals surface area (Å²) in [6.07, 6.45) is 4.90. The lowest BCUT2D eigenvalue weighted by Gasteiger charge is -2.13. The quantitative estimate of drug-likeness (QED) is 0.674. The van der Waals surface area contributed by atoms with E-state index in [1.165, 1.54) is 5.69 Å². The molecule has 0 radical (unpaired) electrons. The highest BCUT2D eigenvalue weighted by atomic mass is 35.5. The van der Waals surface area contributed by atoms with Crippen LogP contribution >= 0.6 is 24.8 Å². The predicted molar refractivity (Wildman–Crippen MR) is 109 cm³/mol. The van der Waals surface area contributed by atoms with E-state index in [1.807, 2.05) is 40.5 Å². The largest absolute Gasteiger partial charge is 0.350 e. The van der Waals surface area contributed by atoms with E-state index < -0.39 is 0 Å². The van der Waals surface area contributed by atoms with E-state index in [4.69, 9.17) is 0 Å². The fourth-order valence-corrected chi connectivity index (χ4v) is 3.23. The van der Waals surface area contributed by atoms with Gasteiger partial charge in [-0.15, -0.1) is 24.8 Å². The van der Waals surface area contributed by atoms with Gasteiger partial charge in [0.2, 0.25) is 5.91 Å². The summed E-state index contributed by atoms with van der Waals surface area (Å²) in [6, 6.07) is 6.11. The Morgan fingerprint density at radius 1 is 1.37 bits per heavy atom. The summed E-state index contributed by atoms with van der Waals surface area (Å²) in [7, 11) is 0. The Kier molecular flexibility index (Phi) is 7.24. The summed E-state index contributed by atoms with van der Waals surface area (Å²) in [5, 5.41) is 10.9. The molecule has 4 heterocycles. The zero-order chi connectivity index (χ0) is 17.2. The molecule has 2 N–H and O–H groups in total. The molecule has 0 unspecified atom stereocenters. The Bertz CT molecular complexity index is 896. The molecule has 4 rings (SSSR count). The van der Waals surface area contributed by atoms with Gasteiger partial charge < -0.3 is 15.0 Å². The molecule has 27 heavy (non-hydrogen) atoms. The molecule has 1 aliphatic heterocycles. The van der Waals surface area contributed by atoms with E-state index >= 15 is 0 Å². The van der Waals surface area contributed by atoms with Crippen molar-refractivity contribution in [3.8, 4) is 0 Å². The summed E-state index contributed by atoms with van der Waals surface area (Å²) < 4.78 is 4.05. The Balaban J connectivity index is 0.00000131. The minimum Gasteiger partial charge on any atom is -0.350 e. The van der Waals surface area contributed by atoms with Gasteiger partial charge in [-0.3, -0.25) is 9.48 Å². The number of imidazole rings is 1. The van der Waals surface area contributed by atoms with Gasteiger partial charge in [0.05, 0.1) is 36.4 Å². The Morgan fingerprint density at radius 3 is 3.04 bits per heavy atom. The maximum absolute atomic E-state index is 12.2. The minimum absolute atomic E-state index is 0. The van der Waals surface area contributed by atoms with Gasteiger partial charge in [0.15, 0.2) is 0 Å². The van der Waals surface area contributed by atoms with Gasteiger partial charge in [-0.1, -0.05) is 6.07 Å². The second-order valence-corrected chi connectivity index (χ2v) is 6.44. The molecular weight excluding hydrogens is 387 g/mol. The number of amides is 1. The maximum Gasteiger partial charge on any atom is 0.220 e. The monoisotopic (exact) mass is 410 g/mol. The van der Waals surface area contributed by atoms with E-state index in [1.54, 1.807) is 0 Å².